The Labute approximate surface area is 306 Å². The van der Waals surface area contributed by atoms with Crippen LogP contribution in [0.15, 0.2) is 72.8 Å². The van der Waals surface area contributed by atoms with Crippen LogP contribution >= 0.6 is 0 Å². The summed E-state index contributed by atoms with van der Waals surface area (Å²) in [6.45, 7) is 0. The van der Waals surface area contributed by atoms with E-state index in [2.05, 4.69) is 0 Å². The van der Waals surface area contributed by atoms with Crippen LogP contribution in [0, 0.1) is 0 Å². The molecular formula is C38H34O16. The summed E-state index contributed by atoms with van der Waals surface area (Å²) in [5, 5.41) is 70.2. The normalized spacial score (nSPS) is 15.7. The van der Waals surface area contributed by atoms with Gasteiger partial charge in [-0.1, -0.05) is 24.3 Å². The minimum absolute atomic E-state index is 0.0170. The Morgan fingerprint density at radius 1 is 0.648 bits per heavy atom. The predicted molar refractivity (Wildman–Crippen MR) is 184 cm³/mol. The van der Waals surface area contributed by atoms with Crippen LogP contribution < -0.4 is 4.74 Å². The van der Waals surface area contributed by atoms with Crippen LogP contribution in [-0.4, -0.2) is 86.1 Å². The van der Waals surface area contributed by atoms with Crippen molar-refractivity contribution in [3.63, 3.8) is 0 Å². The van der Waals surface area contributed by atoms with Crippen molar-refractivity contribution in [1.29, 1.82) is 0 Å². The smallest absolute Gasteiger partial charge is 0.347 e. The Morgan fingerprint density at radius 2 is 1.15 bits per heavy atom. The van der Waals surface area contributed by atoms with E-state index >= 15 is 0 Å². The highest BCUT2D eigenvalue weighted by atomic mass is 16.6. The van der Waals surface area contributed by atoms with Gasteiger partial charge in [-0.2, -0.15) is 0 Å². The topological polar surface area (TPSA) is 256 Å². The summed E-state index contributed by atoms with van der Waals surface area (Å²) in [7, 11) is 2.14. The molecule has 0 fully saturated rings. The summed E-state index contributed by atoms with van der Waals surface area (Å²) in [5.41, 5.74) is 0.839. The summed E-state index contributed by atoms with van der Waals surface area (Å²) >= 11 is 0. The monoisotopic (exact) mass is 746 g/mol. The number of esters is 4. The molecule has 0 amide bonds. The van der Waals surface area contributed by atoms with Crippen LogP contribution in [0.25, 0.3) is 6.08 Å². The molecule has 0 spiro atoms. The molecule has 0 bridgehead atoms. The minimum Gasteiger partial charge on any atom is -0.504 e. The maximum absolute atomic E-state index is 14.2. The quantitative estimate of drug-likeness (QED) is 0.0474. The van der Waals surface area contributed by atoms with E-state index in [0.717, 1.165) is 38.5 Å². The van der Waals surface area contributed by atoms with Crippen LogP contribution in [0.2, 0.25) is 0 Å². The van der Waals surface area contributed by atoms with Gasteiger partial charge in [-0.15, -0.1) is 0 Å². The van der Waals surface area contributed by atoms with E-state index in [0.29, 0.717) is 5.56 Å². The van der Waals surface area contributed by atoms with Crippen molar-refractivity contribution < 1.29 is 78.6 Å². The second-order valence-corrected chi connectivity index (χ2v) is 12.0. The highest BCUT2D eigenvalue weighted by molar-refractivity contribution is 5.92. The molecule has 1 heterocycles. The zero-order valence-corrected chi connectivity index (χ0v) is 28.5. The lowest BCUT2D eigenvalue weighted by atomic mass is 9.87. The molecule has 1 aliphatic rings. The molecule has 4 atom stereocenters. The zero-order valence-electron chi connectivity index (χ0n) is 28.5. The van der Waals surface area contributed by atoms with Crippen molar-refractivity contribution in [2.75, 3.05) is 14.2 Å². The standard InChI is InChI=1S/C38H34O16/c1-50-36(47)29(15-18-3-8-22(39)26(43)13-18)52-31(46)12-7-20-5-11-25(42)35-32(20)33(34(54-35)21-6-10-24(41)28(45)17-21)38(49)53-30(37(48)51-2)16-19-4-9-23(40)27(44)14-19/h3-14,17,29-30,33-34,39-45H,15-16H2,1-2H3/b12-7+. The lowest BCUT2D eigenvalue weighted by Crippen LogP contribution is -2.33. The van der Waals surface area contributed by atoms with Gasteiger partial charge in [0.15, 0.2) is 46.0 Å². The van der Waals surface area contributed by atoms with E-state index in [1.807, 2.05) is 0 Å². The van der Waals surface area contributed by atoms with Crippen molar-refractivity contribution in [2.24, 2.45) is 0 Å². The van der Waals surface area contributed by atoms with Crippen molar-refractivity contribution in [3.8, 4) is 46.0 Å². The number of phenols is 7. The molecule has 7 N–H and O–H groups in total. The molecule has 5 rings (SSSR count). The first-order valence-corrected chi connectivity index (χ1v) is 16.0. The molecule has 0 saturated heterocycles. The second kappa shape index (κ2) is 16.1. The second-order valence-electron chi connectivity index (χ2n) is 12.0. The van der Waals surface area contributed by atoms with Gasteiger partial charge >= 0.3 is 23.9 Å². The molecule has 0 aliphatic carbocycles. The Morgan fingerprint density at radius 3 is 1.67 bits per heavy atom. The van der Waals surface area contributed by atoms with Gasteiger partial charge in [0.1, 0.15) is 12.0 Å². The Balaban J connectivity index is 1.49. The number of aromatic hydroxyl groups is 7. The lowest BCUT2D eigenvalue weighted by molar-refractivity contribution is -0.167. The maximum Gasteiger partial charge on any atom is 0.347 e. The highest BCUT2D eigenvalue weighted by Gasteiger charge is 2.46. The van der Waals surface area contributed by atoms with Crippen LogP contribution in [0.5, 0.6) is 46.0 Å². The average molecular weight is 747 g/mol. The third kappa shape index (κ3) is 8.33. The van der Waals surface area contributed by atoms with Gasteiger partial charge in [0.05, 0.1) is 14.2 Å². The van der Waals surface area contributed by atoms with Crippen molar-refractivity contribution in [2.45, 2.75) is 37.1 Å². The number of carbonyl (C=O) groups excluding carboxylic acids is 4. The number of benzene rings is 4. The minimum atomic E-state index is -1.60. The van der Waals surface area contributed by atoms with Gasteiger partial charge in [-0.25, -0.2) is 14.4 Å². The lowest BCUT2D eigenvalue weighted by Gasteiger charge is -2.22. The Bertz CT molecular complexity index is 2120. The molecule has 4 aromatic rings. The van der Waals surface area contributed by atoms with Crippen LogP contribution in [0.4, 0.5) is 0 Å². The Kier molecular flexibility index (Phi) is 11.3. The van der Waals surface area contributed by atoms with Gasteiger partial charge in [0, 0.05) is 24.5 Å². The molecular weight excluding hydrogens is 712 g/mol. The average Bonchev–Trinajstić information content (AvgIpc) is 3.56. The number of methoxy groups -OCH3 is 2. The fourth-order valence-corrected chi connectivity index (χ4v) is 5.74. The van der Waals surface area contributed by atoms with E-state index in [1.54, 1.807) is 0 Å². The molecule has 16 nitrogen and oxygen atoms in total. The number of fused-ring (bicyclic) bond motifs is 1. The van der Waals surface area contributed by atoms with Gasteiger partial charge in [0.25, 0.3) is 0 Å². The van der Waals surface area contributed by atoms with Crippen molar-refractivity contribution >= 4 is 30.0 Å². The van der Waals surface area contributed by atoms with Gasteiger partial charge < -0.3 is 59.4 Å². The summed E-state index contributed by atoms with van der Waals surface area (Å²) in [6.07, 6.45) is -2.82. The summed E-state index contributed by atoms with van der Waals surface area (Å²) in [5.74, 6) is -9.00. The van der Waals surface area contributed by atoms with Gasteiger partial charge in [-0.3, -0.25) is 4.79 Å². The number of rotatable bonds is 12. The molecule has 16 heteroatoms. The molecule has 4 aromatic carbocycles. The predicted octanol–water partition coefficient (Wildman–Crippen LogP) is 3.51. The van der Waals surface area contributed by atoms with E-state index < -0.39 is 88.4 Å². The number of ether oxygens (including phenoxy) is 5. The van der Waals surface area contributed by atoms with E-state index in [1.165, 1.54) is 54.6 Å². The summed E-state index contributed by atoms with van der Waals surface area (Å²) in [4.78, 5) is 52.5. The van der Waals surface area contributed by atoms with Gasteiger partial charge in [0.2, 0.25) is 12.2 Å². The first-order valence-electron chi connectivity index (χ1n) is 16.0. The fourth-order valence-electron chi connectivity index (χ4n) is 5.74. The number of phenolic OH excluding ortho intramolecular Hbond substituents is 7. The third-order valence-corrected chi connectivity index (χ3v) is 8.42. The molecule has 4 unspecified atom stereocenters. The largest absolute Gasteiger partial charge is 0.504 e. The maximum atomic E-state index is 14.2. The zero-order chi connectivity index (χ0) is 39.3. The van der Waals surface area contributed by atoms with Crippen molar-refractivity contribution in [3.05, 3.63) is 101 Å². The van der Waals surface area contributed by atoms with E-state index in [4.69, 9.17) is 23.7 Å². The molecule has 54 heavy (non-hydrogen) atoms. The van der Waals surface area contributed by atoms with Crippen molar-refractivity contribution in [1.82, 2.24) is 0 Å². The number of hydrogen-bond acceptors (Lipinski definition) is 16. The van der Waals surface area contributed by atoms with Crippen LogP contribution in [0.3, 0.4) is 0 Å². The third-order valence-electron chi connectivity index (χ3n) is 8.42. The highest BCUT2D eigenvalue weighted by Crippen LogP contribution is 2.53. The first kappa shape index (κ1) is 38.1. The summed E-state index contributed by atoms with van der Waals surface area (Å²) < 4.78 is 26.7. The van der Waals surface area contributed by atoms with Gasteiger partial charge in [-0.05, 0) is 70.8 Å². The molecule has 1 aliphatic heterocycles. The van der Waals surface area contributed by atoms with Crippen LogP contribution in [-0.2, 0) is 51.0 Å². The fraction of sp³-hybridized carbons (Fsp3) is 0.211. The first-order chi connectivity index (χ1) is 25.7. The van der Waals surface area contributed by atoms with Crippen LogP contribution in [0.1, 0.15) is 39.8 Å². The molecule has 0 saturated carbocycles. The van der Waals surface area contributed by atoms with E-state index in [9.17, 15) is 54.9 Å². The Hall–Kier alpha value is -7.10. The summed E-state index contributed by atoms with van der Waals surface area (Å²) in [6, 6.07) is 13.6. The molecule has 282 valence electrons. The SMILES string of the molecule is COC(=O)C(Cc1ccc(O)c(O)c1)OC(=O)/C=C/c1ccc(O)c2c1C(C(=O)OC(Cc1ccc(O)c(O)c1)C(=O)OC)C(c1ccc(O)c(O)c1)O2. The molecule has 0 aromatic heterocycles. The number of hydrogen-bond donors (Lipinski definition) is 7. The van der Waals surface area contributed by atoms with E-state index in [-0.39, 0.29) is 40.8 Å². The number of carbonyl (C=O) groups is 4. The molecule has 0 radical (unpaired) electrons.